The van der Waals surface area contributed by atoms with Crippen LogP contribution >= 0.6 is 11.6 Å². The van der Waals surface area contributed by atoms with E-state index in [1.54, 1.807) is 0 Å². The Hall–Kier alpha value is -0.530. The predicted molar refractivity (Wildman–Crippen MR) is 90.4 cm³/mol. The fourth-order valence-electron chi connectivity index (χ4n) is 3.15. The molecular weight excluding hydrogens is 266 g/mol. The van der Waals surface area contributed by atoms with Gasteiger partial charge in [-0.3, -0.25) is 0 Å². The van der Waals surface area contributed by atoms with E-state index in [2.05, 4.69) is 59.0 Å². The van der Waals surface area contributed by atoms with Crippen molar-refractivity contribution in [2.75, 3.05) is 0 Å². The fourth-order valence-corrected chi connectivity index (χ4v) is 3.28. The van der Waals surface area contributed by atoms with Gasteiger partial charge in [-0.05, 0) is 49.8 Å². The Bertz CT molecular complexity index is 400. The van der Waals surface area contributed by atoms with E-state index in [1.807, 2.05) is 12.1 Å². The van der Waals surface area contributed by atoms with Crippen LogP contribution in [0.3, 0.4) is 0 Å². The molecule has 0 saturated carbocycles. The van der Waals surface area contributed by atoms with Crippen LogP contribution in [0, 0.1) is 5.41 Å². The van der Waals surface area contributed by atoms with E-state index < -0.39 is 0 Å². The Balaban J connectivity index is 2.84. The van der Waals surface area contributed by atoms with E-state index in [1.165, 1.54) is 12.0 Å². The second-order valence-corrected chi connectivity index (χ2v) is 8.09. The van der Waals surface area contributed by atoms with E-state index in [-0.39, 0.29) is 5.54 Å². The van der Waals surface area contributed by atoms with Gasteiger partial charge in [-0.25, -0.2) is 0 Å². The van der Waals surface area contributed by atoms with Crippen LogP contribution in [0.4, 0.5) is 0 Å². The van der Waals surface area contributed by atoms with Crippen LogP contribution in [0.1, 0.15) is 72.4 Å². The molecule has 0 aliphatic rings. The number of halogens is 1. The molecule has 1 atom stereocenters. The van der Waals surface area contributed by atoms with Crippen molar-refractivity contribution in [3.63, 3.8) is 0 Å². The van der Waals surface area contributed by atoms with Gasteiger partial charge in [0.2, 0.25) is 0 Å². The van der Waals surface area contributed by atoms with Gasteiger partial charge in [-0.2, -0.15) is 0 Å². The number of benzene rings is 1. The topological polar surface area (TPSA) is 12.0 Å². The molecule has 0 spiro atoms. The van der Waals surface area contributed by atoms with E-state index in [0.717, 1.165) is 17.9 Å². The van der Waals surface area contributed by atoms with E-state index in [9.17, 15) is 0 Å². The lowest BCUT2D eigenvalue weighted by atomic mass is 9.81. The van der Waals surface area contributed by atoms with Gasteiger partial charge in [-0.1, -0.05) is 57.8 Å². The Morgan fingerprint density at radius 1 is 1.05 bits per heavy atom. The van der Waals surface area contributed by atoms with Crippen LogP contribution in [0.15, 0.2) is 24.3 Å². The number of hydrogen-bond donors (Lipinski definition) is 1. The molecule has 1 unspecified atom stereocenters. The number of hydrogen-bond acceptors (Lipinski definition) is 1. The zero-order chi connectivity index (χ0) is 15.4. The maximum atomic E-state index is 5.99. The standard InChI is InChI=1S/C18H30ClN/c1-7-8-16(14-9-11-15(19)12-10-14)20-18(5,6)13-17(2,3)4/h9-12,16,20H,7-8,13H2,1-6H3. The molecule has 0 fully saturated rings. The normalized spacial score (nSPS) is 14.3. The highest BCUT2D eigenvalue weighted by molar-refractivity contribution is 6.30. The molecule has 0 saturated heterocycles. The van der Waals surface area contributed by atoms with E-state index in [0.29, 0.717) is 11.5 Å². The summed E-state index contributed by atoms with van der Waals surface area (Å²) in [4.78, 5) is 0. The number of nitrogens with one attached hydrogen (secondary N) is 1. The second kappa shape index (κ2) is 6.95. The molecule has 20 heavy (non-hydrogen) atoms. The highest BCUT2D eigenvalue weighted by Gasteiger charge is 2.27. The van der Waals surface area contributed by atoms with Crippen LogP contribution < -0.4 is 5.32 Å². The third kappa shape index (κ3) is 6.28. The summed E-state index contributed by atoms with van der Waals surface area (Å²) < 4.78 is 0. The van der Waals surface area contributed by atoms with E-state index in [4.69, 9.17) is 11.6 Å². The van der Waals surface area contributed by atoms with Crippen LogP contribution in [-0.2, 0) is 0 Å². The molecule has 1 N–H and O–H groups in total. The smallest absolute Gasteiger partial charge is 0.0406 e. The molecule has 1 rings (SSSR count). The molecule has 0 aliphatic heterocycles. The van der Waals surface area contributed by atoms with E-state index >= 15 is 0 Å². The summed E-state index contributed by atoms with van der Waals surface area (Å²) in [5, 5.41) is 4.65. The van der Waals surface area contributed by atoms with Crippen molar-refractivity contribution in [2.24, 2.45) is 5.41 Å². The molecule has 1 aromatic carbocycles. The van der Waals surface area contributed by atoms with Gasteiger partial charge in [0.05, 0.1) is 0 Å². The molecular formula is C18H30ClN. The second-order valence-electron chi connectivity index (χ2n) is 7.66. The Morgan fingerprint density at radius 2 is 1.60 bits per heavy atom. The van der Waals surface area contributed by atoms with Gasteiger partial charge in [0.15, 0.2) is 0 Å². The first-order valence-electron chi connectivity index (χ1n) is 7.66. The van der Waals surface area contributed by atoms with Gasteiger partial charge < -0.3 is 5.32 Å². The molecule has 2 heteroatoms. The maximum absolute atomic E-state index is 5.99. The van der Waals surface area contributed by atoms with Gasteiger partial charge in [0.1, 0.15) is 0 Å². The van der Waals surface area contributed by atoms with Crippen molar-refractivity contribution in [1.29, 1.82) is 0 Å². The highest BCUT2D eigenvalue weighted by atomic mass is 35.5. The van der Waals surface area contributed by atoms with Crippen LogP contribution in [0.25, 0.3) is 0 Å². The molecule has 0 aliphatic carbocycles. The van der Waals surface area contributed by atoms with Crippen molar-refractivity contribution >= 4 is 11.6 Å². The summed E-state index contributed by atoms with van der Waals surface area (Å²) >= 11 is 5.99. The largest absolute Gasteiger partial charge is 0.305 e. The summed E-state index contributed by atoms with van der Waals surface area (Å²) in [5.74, 6) is 0. The molecule has 0 aromatic heterocycles. The first kappa shape index (κ1) is 17.5. The van der Waals surface area contributed by atoms with Crippen molar-refractivity contribution in [3.8, 4) is 0 Å². The van der Waals surface area contributed by atoms with Gasteiger partial charge in [0, 0.05) is 16.6 Å². The van der Waals surface area contributed by atoms with Crippen LogP contribution in [-0.4, -0.2) is 5.54 Å². The average molecular weight is 296 g/mol. The zero-order valence-electron chi connectivity index (χ0n) is 13.9. The summed E-state index contributed by atoms with van der Waals surface area (Å²) in [6, 6.07) is 8.65. The van der Waals surface area contributed by atoms with Gasteiger partial charge >= 0.3 is 0 Å². The summed E-state index contributed by atoms with van der Waals surface area (Å²) in [6.07, 6.45) is 3.47. The fraction of sp³-hybridized carbons (Fsp3) is 0.667. The maximum Gasteiger partial charge on any atom is 0.0406 e. The third-order valence-corrected chi connectivity index (χ3v) is 3.64. The number of rotatable bonds is 6. The molecule has 0 heterocycles. The third-order valence-electron chi connectivity index (χ3n) is 3.39. The van der Waals surface area contributed by atoms with Crippen molar-refractivity contribution in [1.82, 2.24) is 5.32 Å². The lowest BCUT2D eigenvalue weighted by molar-refractivity contribution is 0.218. The molecule has 0 amide bonds. The first-order valence-corrected chi connectivity index (χ1v) is 8.04. The van der Waals surface area contributed by atoms with Gasteiger partial charge in [-0.15, -0.1) is 0 Å². The Labute approximate surface area is 130 Å². The highest BCUT2D eigenvalue weighted by Crippen LogP contribution is 2.30. The van der Waals surface area contributed by atoms with Gasteiger partial charge in [0.25, 0.3) is 0 Å². The lowest BCUT2D eigenvalue weighted by Gasteiger charge is -2.37. The first-order chi connectivity index (χ1) is 9.13. The molecule has 114 valence electrons. The Kier molecular flexibility index (Phi) is 6.09. The SMILES string of the molecule is CCCC(NC(C)(C)CC(C)(C)C)c1ccc(Cl)cc1. The van der Waals surface area contributed by atoms with Crippen molar-refractivity contribution < 1.29 is 0 Å². The Morgan fingerprint density at radius 3 is 2.05 bits per heavy atom. The van der Waals surface area contributed by atoms with Crippen molar-refractivity contribution in [3.05, 3.63) is 34.9 Å². The molecule has 0 bridgehead atoms. The molecule has 1 aromatic rings. The minimum atomic E-state index is 0.123. The summed E-state index contributed by atoms with van der Waals surface area (Å²) in [7, 11) is 0. The minimum Gasteiger partial charge on any atom is -0.305 e. The predicted octanol–water partition coefficient (Wildman–Crippen LogP) is 5.99. The monoisotopic (exact) mass is 295 g/mol. The van der Waals surface area contributed by atoms with Crippen molar-refractivity contribution in [2.45, 2.75) is 72.4 Å². The minimum absolute atomic E-state index is 0.123. The average Bonchev–Trinajstić information content (AvgIpc) is 2.25. The summed E-state index contributed by atoms with van der Waals surface area (Å²) in [5.41, 5.74) is 1.78. The summed E-state index contributed by atoms with van der Waals surface area (Å²) in [6.45, 7) is 13.7. The zero-order valence-corrected chi connectivity index (χ0v) is 14.6. The molecule has 0 radical (unpaired) electrons. The quantitative estimate of drug-likeness (QED) is 0.680. The lowest BCUT2D eigenvalue weighted by Crippen LogP contribution is -2.44. The van der Waals surface area contributed by atoms with Crippen LogP contribution in [0.5, 0.6) is 0 Å². The van der Waals surface area contributed by atoms with Crippen LogP contribution in [0.2, 0.25) is 5.02 Å². The molecule has 1 nitrogen and oxygen atoms in total.